The maximum absolute atomic E-state index is 13.2. The van der Waals surface area contributed by atoms with Crippen molar-refractivity contribution in [1.29, 1.82) is 0 Å². The van der Waals surface area contributed by atoms with Gasteiger partial charge in [0.05, 0.1) is 25.8 Å². The number of nitrogens with one attached hydrogen (secondary N) is 3. The van der Waals surface area contributed by atoms with Crippen molar-refractivity contribution < 1.29 is 28.7 Å². The number of rotatable bonds is 11. The number of carbonyl (C=O) groups is 4. The van der Waals surface area contributed by atoms with E-state index in [-0.39, 0.29) is 24.4 Å². The molecule has 3 amide bonds. The quantitative estimate of drug-likeness (QED) is 0.390. The van der Waals surface area contributed by atoms with Crippen molar-refractivity contribution in [2.45, 2.75) is 77.9 Å². The van der Waals surface area contributed by atoms with Crippen molar-refractivity contribution in [3.63, 3.8) is 0 Å². The van der Waals surface area contributed by atoms with Gasteiger partial charge in [-0.15, -0.1) is 0 Å². The zero-order valence-corrected chi connectivity index (χ0v) is 22.3. The summed E-state index contributed by atoms with van der Waals surface area (Å²) in [6.45, 7) is 11.2. The molecule has 1 fully saturated rings. The second kappa shape index (κ2) is 12.8. The van der Waals surface area contributed by atoms with E-state index in [0.717, 1.165) is 5.56 Å². The van der Waals surface area contributed by atoms with Crippen LogP contribution in [0.5, 0.6) is 0 Å². The first kappa shape index (κ1) is 29.3. The van der Waals surface area contributed by atoms with Gasteiger partial charge in [-0.3, -0.25) is 24.1 Å². The summed E-state index contributed by atoms with van der Waals surface area (Å²) in [6.07, 6.45) is 0.369. The van der Waals surface area contributed by atoms with E-state index in [1.807, 2.05) is 62.9 Å². The number of esters is 1. The molecule has 200 valence electrons. The Labute approximate surface area is 213 Å². The van der Waals surface area contributed by atoms with Crippen LogP contribution in [-0.2, 0) is 28.7 Å². The van der Waals surface area contributed by atoms with E-state index in [1.54, 1.807) is 13.8 Å². The maximum atomic E-state index is 13.2. The van der Waals surface area contributed by atoms with E-state index in [2.05, 4.69) is 20.7 Å². The standard InChI is InChI=1S/C26H40N4O6/c1-16(2)13-20(25(34)27-14-22(31)35-7)29-23(32)17(3)28-24(33)18(4)30-21(15-36-26(30,5)6)19-11-9-8-10-12-19/h8-12,16-18,20-21H,13-15H2,1-7H3,(H,27,34)(H,28,33)(H,29,32)/t17-,18-,20+,21-/m1/s1. The van der Waals surface area contributed by atoms with Crippen molar-refractivity contribution in [3.8, 4) is 0 Å². The lowest BCUT2D eigenvalue weighted by molar-refractivity contribution is -0.141. The topological polar surface area (TPSA) is 126 Å². The van der Waals surface area contributed by atoms with Gasteiger partial charge in [-0.2, -0.15) is 0 Å². The van der Waals surface area contributed by atoms with Crippen molar-refractivity contribution in [2.24, 2.45) is 5.92 Å². The highest BCUT2D eigenvalue weighted by atomic mass is 16.5. The first-order valence-corrected chi connectivity index (χ1v) is 12.3. The maximum Gasteiger partial charge on any atom is 0.325 e. The summed E-state index contributed by atoms with van der Waals surface area (Å²) in [5.41, 5.74) is 0.367. The molecular weight excluding hydrogens is 464 g/mol. The van der Waals surface area contributed by atoms with Crippen molar-refractivity contribution in [1.82, 2.24) is 20.9 Å². The number of benzene rings is 1. The van der Waals surface area contributed by atoms with E-state index < -0.39 is 41.6 Å². The molecule has 1 aromatic rings. The minimum Gasteiger partial charge on any atom is -0.468 e. The SMILES string of the molecule is COC(=O)CNC(=O)[C@H](CC(C)C)NC(=O)[C@@H](C)NC(=O)[C@@H](C)N1[C@@H](c2ccccc2)COC1(C)C. The van der Waals surface area contributed by atoms with Crippen LogP contribution in [0.25, 0.3) is 0 Å². The van der Waals surface area contributed by atoms with Crippen LogP contribution in [0.3, 0.4) is 0 Å². The van der Waals surface area contributed by atoms with Crippen LogP contribution in [0.15, 0.2) is 30.3 Å². The third-order valence-corrected chi connectivity index (χ3v) is 6.26. The Morgan fingerprint density at radius 2 is 1.67 bits per heavy atom. The number of methoxy groups -OCH3 is 1. The monoisotopic (exact) mass is 504 g/mol. The molecule has 0 radical (unpaired) electrons. The van der Waals surface area contributed by atoms with Crippen LogP contribution in [0.2, 0.25) is 0 Å². The molecule has 1 aromatic carbocycles. The highest BCUT2D eigenvalue weighted by Gasteiger charge is 2.46. The minimum atomic E-state index is -0.884. The van der Waals surface area contributed by atoms with Crippen molar-refractivity contribution in [3.05, 3.63) is 35.9 Å². The molecule has 0 bridgehead atoms. The summed E-state index contributed by atoms with van der Waals surface area (Å²) < 4.78 is 10.5. The summed E-state index contributed by atoms with van der Waals surface area (Å²) in [6, 6.07) is 7.41. The first-order chi connectivity index (χ1) is 16.9. The lowest BCUT2D eigenvalue weighted by Crippen LogP contribution is -2.57. The first-order valence-electron chi connectivity index (χ1n) is 12.3. The lowest BCUT2D eigenvalue weighted by atomic mass is 10.0. The van der Waals surface area contributed by atoms with Crippen LogP contribution in [-0.4, -0.2) is 72.7 Å². The molecule has 4 atom stereocenters. The van der Waals surface area contributed by atoms with Gasteiger partial charge in [-0.25, -0.2) is 0 Å². The largest absolute Gasteiger partial charge is 0.468 e. The molecule has 2 rings (SSSR count). The number of hydrogen-bond donors (Lipinski definition) is 3. The van der Waals surface area contributed by atoms with Crippen LogP contribution >= 0.6 is 0 Å². The predicted molar refractivity (Wildman–Crippen MR) is 135 cm³/mol. The Kier molecular flexibility index (Phi) is 10.4. The zero-order chi connectivity index (χ0) is 27.0. The molecule has 0 aliphatic carbocycles. The van der Waals surface area contributed by atoms with E-state index in [4.69, 9.17) is 4.74 Å². The van der Waals surface area contributed by atoms with Gasteiger partial charge in [0.1, 0.15) is 24.4 Å². The summed E-state index contributed by atoms with van der Waals surface area (Å²) >= 11 is 0. The van der Waals surface area contributed by atoms with Crippen LogP contribution in [0.4, 0.5) is 0 Å². The third-order valence-electron chi connectivity index (χ3n) is 6.26. The second-order valence-electron chi connectivity index (χ2n) is 9.98. The van der Waals surface area contributed by atoms with Gasteiger partial charge in [0, 0.05) is 0 Å². The Morgan fingerprint density at radius 1 is 1.03 bits per heavy atom. The molecule has 1 aliphatic heterocycles. The average Bonchev–Trinajstić information content (AvgIpc) is 3.15. The molecule has 0 saturated carbocycles. The number of carbonyl (C=O) groups excluding carboxylic acids is 4. The van der Waals surface area contributed by atoms with Gasteiger partial charge in [-0.1, -0.05) is 44.2 Å². The van der Waals surface area contributed by atoms with Gasteiger partial charge in [0.2, 0.25) is 17.7 Å². The molecule has 1 aliphatic rings. The van der Waals surface area contributed by atoms with E-state index >= 15 is 0 Å². The molecule has 1 heterocycles. The third kappa shape index (κ3) is 7.76. The summed E-state index contributed by atoms with van der Waals surface area (Å²) in [7, 11) is 1.23. The van der Waals surface area contributed by atoms with Crippen molar-refractivity contribution >= 4 is 23.7 Å². The Hall–Kier alpha value is -2.98. The summed E-state index contributed by atoms with van der Waals surface area (Å²) in [4.78, 5) is 52.0. The smallest absolute Gasteiger partial charge is 0.325 e. The van der Waals surface area contributed by atoms with Gasteiger partial charge >= 0.3 is 5.97 Å². The van der Waals surface area contributed by atoms with Gasteiger partial charge in [0.25, 0.3) is 0 Å². The molecule has 36 heavy (non-hydrogen) atoms. The van der Waals surface area contributed by atoms with Crippen molar-refractivity contribution in [2.75, 3.05) is 20.3 Å². The predicted octanol–water partition coefficient (Wildman–Crippen LogP) is 1.51. The number of hydrogen-bond acceptors (Lipinski definition) is 7. The van der Waals surface area contributed by atoms with E-state index in [9.17, 15) is 19.2 Å². The molecule has 0 aromatic heterocycles. The number of amides is 3. The molecule has 1 saturated heterocycles. The molecule has 0 spiro atoms. The lowest BCUT2D eigenvalue weighted by Gasteiger charge is -2.38. The van der Waals surface area contributed by atoms with Gasteiger partial charge in [0.15, 0.2) is 0 Å². The Balaban J connectivity index is 2.05. The molecular formula is C26H40N4O6. The van der Waals surface area contributed by atoms with E-state index in [1.165, 1.54) is 7.11 Å². The molecule has 0 unspecified atom stereocenters. The molecule has 10 nitrogen and oxygen atoms in total. The van der Waals surface area contributed by atoms with E-state index in [0.29, 0.717) is 13.0 Å². The molecule has 3 N–H and O–H groups in total. The number of nitrogens with zero attached hydrogens (tertiary/aromatic N) is 1. The zero-order valence-electron chi connectivity index (χ0n) is 22.3. The van der Waals surface area contributed by atoms with Crippen LogP contribution < -0.4 is 16.0 Å². The molecule has 10 heteroatoms. The van der Waals surface area contributed by atoms with Gasteiger partial charge < -0.3 is 25.4 Å². The normalized spacial score (nSPS) is 19.7. The minimum absolute atomic E-state index is 0.108. The highest BCUT2D eigenvalue weighted by molar-refractivity contribution is 5.93. The number of ether oxygens (including phenoxy) is 2. The fraction of sp³-hybridized carbons (Fsp3) is 0.615. The average molecular weight is 505 g/mol. The fourth-order valence-corrected chi connectivity index (χ4v) is 4.36. The van der Waals surface area contributed by atoms with Crippen LogP contribution in [0.1, 0.15) is 59.6 Å². The van der Waals surface area contributed by atoms with Crippen LogP contribution in [0, 0.1) is 5.92 Å². The summed E-state index contributed by atoms with van der Waals surface area (Å²) in [5, 5.41) is 7.94. The highest BCUT2D eigenvalue weighted by Crippen LogP contribution is 2.38. The fourth-order valence-electron chi connectivity index (χ4n) is 4.36. The Bertz CT molecular complexity index is 920. The van der Waals surface area contributed by atoms with Gasteiger partial charge in [-0.05, 0) is 45.6 Å². The summed E-state index contributed by atoms with van der Waals surface area (Å²) in [5.74, 6) is -1.79. The second-order valence-corrected chi connectivity index (χ2v) is 9.98. The Morgan fingerprint density at radius 3 is 2.25 bits per heavy atom.